The Morgan fingerprint density at radius 3 is 1.41 bits per heavy atom. The largest absolute Gasteiger partial charge is 0.437 e. The Bertz CT molecular complexity index is 7200. The molecule has 0 fully saturated rings. The number of hydrogen-bond donors (Lipinski definition) is 0. The smallest absolute Gasteiger partial charge is 0.233 e. The lowest BCUT2D eigenvalue weighted by Gasteiger charge is -2.16. The first-order valence-corrected chi connectivity index (χ1v) is 33.4. The maximum atomic E-state index is 6.78. The number of nitrogens with zero attached hydrogens (tertiary/aromatic N) is 6. The van der Waals surface area contributed by atoms with E-state index in [0.29, 0.717) is 17.4 Å². The highest BCUT2D eigenvalue weighted by molar-refractivity contribution is 7.25. The Labute approximate surface area is 550 Å². The van der Waals surface area contributed by atoms with Crippen LogP contribution in [0.25, 0.3) is 218 Å². The standard InChI is InChI=1S/C88H48N6OS/c1-3-20-51-47-76-71(43-49(51)18-1)63-27-11-14-33-74(63)93(76)86-82-67-30-13-16-35-79(67)96-88(82)92-84(90-86)68-32-17-31-65-70-42-53(36-39-62(70)59-25-9-10-28-64(59)80(65)68)54-38-41-75-72(45-54)73-44-50-19-2-4-21-52(50)48-77(73)94(75)85-81-66-29-12-15-34-78(66)95-87(81)91-83(89-85)55-37-40-61-58-24-6-5-22-56(58)57-23-7-8-26-60(57)69(61)46-55/h1-48H. The molecular weight excluding hydrogens is 1190 g/mol. The Hall–Kier alpha value is -12.6. The molecule has 22 rings (SSSR count). The molecule has 0 spiro atoms. The topological polar surface area (TPSA) is 74.6 Å². The first-order valence-electron chi connectivity index (χ1n) is 32.6. The van der Waals surface area contributed by atoms with Crippen molar-refractivity contribution >= 4 is 183 Å². The van der Waals surface area contributed by atoms with E-state index in [1.165, 1.54) is 69.3 Å². The molecule has 96 heavy (non-hydrogen) atoms. The first-order chi connectivity index (χ1) is 47.6. The number of hydrogen-bond acceptors (Lipinski definition) is 6. The lowest BCUT2D eigenvalue weighted by atomic mass is 9.89. The first kappa shape index (κ1) is 51.9. The maximum Gasteiger partial charge on any atom is 0.233 e. The number of rotatable bonds is 5. The van der Waals surface area contributed by atoms with E-state index in [0.717, 1.165) is 131 Å². The second-order valence-electron chi connectivity index (χ2n) is 25.5. The van der Waals surface area contributed by atoms with E-state index in [2.05, 4.69) is 288 Å². The summed E-state index contributed by atoms with van der Waals surface area (Å²) in [5, 5.41) is 27.5. The predicted octanol–water partition coefficient (Wildman–Crippen LogP) is 24.0. The van der Waals surface area contributed by atoms with Crippen molar-refractivity contribution in [3.63, 3.8) is 0 Å². The van der Waals surface area contributed by atoms with E-state index in [-0.39, 0.29) is 0 Å². The van der Waals surface area contributed by atoms with Gasteiger partial charge in [-0.25, -0.2) is 15.0 Å². The zero-order chi connectivity index (χ0) is 62.4. The van der Waals surface area contributed by atoms with Crippen LogP contribution in [0.3, 0.4) is 0 Å². The molecule has 6 aromatic heterocycles. The van der Waals surface area contributed by atoms with E-state index in [9.17, 15) is 0 Å². The molecule has 0 atom stereocenters. The van der Waals surface area contributed by atoms with Gasteiger partial charge in [0.2, 0.25) is 5.71 Å². The summed E-state index contributed by atoms with van der Waals surface area (Å²) < 4.78 is 12.7. The third-order valence-corrected chi connectivity index (χ3v) is 21.5. The molecule has 0 N–H and O–H groups in total. The van der Waals surface area contributed by atoms with Crippen molar-refractivity contribution in [2.75, 3.05) is 0 Å². The van der Waals surface area contributed by atoms with Crippen LogP contribution < -0.4 is 0 Å². The number of aromatic nitrogens is 6. The minimum atomic E-state index is 0.538. The van der Waals surface area contributed by atoms with Gasteiger partial charge in [0.25, 0.3) is 0 Å². The molecule has 0 saturated carbocycles. The molecule has 442 valence electrons. The highest BCUT2D eigenvalue weighted by atomic mass is 32.1. The summed E-state index contributed by atoms with van der Waals surface area (Å²) in [6.45, 7) is 0. The zero-order valence-electron chi connectivity index (χ0n) is 51.2. The molecule has 0 saturated heterocycles. The van der Waals surface area contributed by atoms with Crippen molar-refractivity contribution in [2.24, 2.45) is 0 Å². The van der Waals surface area contributed by atoms with Crippen molar-refractivity contribution in [1.82, 2.24) is 29.1 Å². The SMILES string of the molecule is c1ccc2cc3c(cc2c1)c1cc(-c2ccc4c5ccccc5c5c(-c6nc(-n7c8ccccc8c8cc9ccccc9cc87)c7c(n6)sc6ccccc67)cccc5c4c2)ccc1n3-c1nc(-c2ccc3c4ccccc4c4ccccc4c3c2)nc2oc3ccccc3c12. The molecule has 0 bridgehead atoms. The fraction of sp³-hybridized carbons (Fsp3) is 0. The molecule has 0 aliphatic carbocycles. The van der Waals surface area contributed by atoms with E-state index >= 15 is 0 Å². The van der Waals surface area contributed by atoms with Crippen LogP contribution in [0.1, 0.15) is 0 Å². The Morgan fingerprint density at radius 2 is 0.708 bits per heavy atom. The monoisotopic (exact) mass is 1240 g/mol. The summed E-state index contributed by atoms with van der Waals surface area (Å²) >= 11 is 1.73. The van der Waals surface area contributed by atoms with Gasteiger partial charge in [0.05, 0.1) is 32.8 Å². The summed E-state index contributed by atoms with van der Waals surface area (Å²) in [4.78, 5) is 23.4. The lowest BCUT2D eigenvalue weighted by molar-refractivity contribution is 0.653. The molecule has 16 aromatic carbocycles. The lowest BCUT2D eigenvalue weighted by Crippen LogP contribution is -2.02. The van der Waals surface area contributed by atoms with Gasteiger partial charge in [0.15, 0.2) is 23.3 Å². The Balaban J connectivity index is 0.758. The van der Waals surface area contributed by atoms with Crippen LogP contribution in [0.4, 0.5) is 0 Å². The molecule has 0 aliphatic heterocycles. The van der Waals surface area contributed by atoms with Crippen molar-refractivity contribution in [3.05, 3.63) is 291 Å². The summed E-state index contributed by atoms with van der Waals surface area (Å²) in [7, 11) is 0. The Morgan fingerprint density at radius 1 is 0.260 bits per heavy atom. The molecule has 7 nitrogen and oxygen atoms in total. The van der Waals surface area contributed by atoms with E-state index < -0.39 is 0 Å². The molecule has 0 radical (unpaired) electrons. The molecule has 6 heterocycles. The summed E-state index contributed by atoms with van der Waals surface area (Å²) in [6.07, 6.45) is 0. The van der Waals surface area contributed by atoms with Crippen molar-refractivity contribution in [2.45, 2.75) is 0 Å². The second kappa shape index (κ2) is 19.5. The Kier molecular flexibility index (Phi) is 10.5. The van der Waals surface area contributed by atoms with Crippen LogP contribution in [-0.4, -0.2) is 29.1 Å². The number of fused-ring (bicyclic) bond motifs is 26. The van der Waals surface area contributed by atoms with Crippen molar-refractivity contribution in [3.8, 4) is 45.5 Å². The zero-order valence-corrected chi connectivity index (χ0v) is 52.0. The summed E-state index contributed by atoms with van der Waals surface area (Å²) in [6, 6.07) is 106. The van der Waals surface area contributed by atoms with E-state index in [1.807, 2.05) is 12.1 Å². The van der Waals surface area contributed by atoms with Crippen molar-refractivity contribution < 1.29 is 4.42 Å². The third-order valence-electron chi connectivity index (χ3n) is 20.5. The fourth-order valence-corrected chi connectivity index (χ4v) is 17.3. The number of benzene rings is 16. The van der Waals surface area contributed by atoms with Gasteiger partial charge < -0.3 is 4.42 Å². The summed E-state index contributed by atoms with van der Waals surface area (Å²) in [5.74, 6) is 2.91. The van der Waals surface area contributed by atoms with Crippen LogP contribution in [0.5, 0.6) is 0 Å². The average Bonchev–Trinajstić information content (AvgIpc) is 1.50. The molecule has 22 aromatic rings. The number of para-hydroxylation sites is 2. The van der Waals surface area contributed by atoms with Gasteiger partial charge in [0.1, 0.15) is 10.4 Å². The van der Waals surface area contributed by atoms with Gasteiger partial charge in [-0.1, -0.05) is 224 Å². The third kappa shape index (κ3) is 7.30. The van der Waals surface area contributed by atoms with Gasteiger partial charge in [0, 0.05) is 53.5 Å². The normalized spacial score (nSPS) is 12.4. The van der Waals surface area contributed by atoms with Crippen LogP contribution in [0.2, 0.25) is 0 Å². The molecule has 0 aliphatic rings. The predicted molar refractivity (Wildman–Crippen MR) is 403 cm³/mol. The van der Waals surface area contributed by atoms with Crippen molar-refractivity contribution in [1.29, 1.82) is 0 Å². The average molecular weight is 1240 g/mol. The fourth-order valence-electron chi connectivity index (χ4n) is 16.2. The maximum absolute atomic E-state index is 6.78. The van der Waals surface area contributed by atoms with Crippen LogP contribution in [-0.2, 0) is 0 Å². The van der Waals surface area contributed by atoms with E-state index in [4.69, 9.17) is 24.4 Å². The van der Waals surface area contributed by atoms with Crippen LogP contribution >= 0.6 is 11.3 Å². The highest BCUT2D eigenvalue weighted by Crippen LogP contribution is 2.48. The number of thiophene rings is 1. The molecular formula is C88H48N6OS. The molecule has 8 heteroatoms. The van der Waals surface area contributed by atoms with Gasteiger partial charge in [-0.2, -0.15) is 4.98 Å². The summed E-state index contributed by atoms with van der Waals surface area (Å²) in [5.41, 5.74) is 9.70. The van der Waals surface area contributed by atoms with Crippen LogP contribution in [0.15, 0.2) is 296 Å². The van der Waals surface area contributed by atoms with Gasteiger partial charge >= 0.3 is 0 Å². The molecule has 0 amide bonds. The second-order valence-corrected chi connectivity index (χ2v) is 26.6. The minimum Gasteiger partial charge on any atom is -0.437 e. The van der Waals surface area contributed by atoms with E-state index in [1.54, 1.807) is 11.3 Å². The highest BCUT2D eigenvalue weighted by Gasteiger charge is 2.26. The van der Waals surface area contributed by atoms with Gasteiger partial charge in [-0.3, -0.25) is 9.13 Å². The van der Waals surface area contributed by atoms with Gasteiger partial charge in [-0.05, 0) is 159 Å². The molecule has 0 unspecified atom stereocenters. The van der Waals surface area contributed by atoms with Crippen LogP contribution in [0, 0.1) is 0 Å². The number of furan rings is 1. The minimum absolute atomic E-state index is 0.538. The van der Waals surface area contributed by atoms with Gasteiger partial charge in [-0.15, -0.1) is 11.3 Å². The quantitative estimate of drug-likeness (QED) is 0.161.